The summed E-state index contributed by atoms with van der Waals surface area (Å²) in [6.45, 7) is 3.32. The molecule has 0 amide bonds. The van der Waals surface area contributed by atoms with Crippen LogP contribution in [-0.4, -0.2) is 19.7 Å². The van der Waals surface area contributed by atoms with Gasteiger partial charge in [-0.05, 0) is 18.6 Å². The molecule has 3 N–H and O–H groups in total. The van der Waals surface area contributed by atoms with Gasteiger partial charge in [-0.3, -0.25) is 0 Å². The highest BCUT2D eigenvalue weighted by atomic mass is 35.5. The first kappa shape index (κ1) is 13.6. The van der Waals surface area contributed by atoms with Crippen molar-refractivity contribution in [2.75, 3.05) is 13.7 Å². The van der Waals surface area contributed by atoms with E-state index in [4.69, 9.17) is 33.7 Å². The van der Waals surface area contributed by atoms with Crippen molar-refractivity contribution >= 4 is 23.2 Å². The van der Waals surface area contributed by atoms with E-state index in [0.717, 1.165) is 12.1 Å². The van der Waals surface area contributed by atoms with Crippen molar-refractivity contribution < 1.29 is 4.74 Å². The Bertz CT molecular complexity index is 356. The first-order chi connectivity index (χ1) is 7.56. The molecule has 0 saturated heterocycles. The molecule has 0 aromatic heterocycles. The number of hydrogen-bond acceptors (Lipinski definition) is 3. The average Bonchev–Trinajstić information content (AvgIpc) is 2.24. The van der Waals surface area contributed by atoms with Gasteiger partial charge < -0.3 is 15.8 Å². The van der Waals surface area contributed by atoms with Crippen molar-refractivity contribution in [2.45, 2.75) is 19.5 Å². The summed E-state index contributed by atoms with van der Waals surface area (Å²) < 4.78 is 5.07. The zero-order chi connectivity index (χ0) is 12.1. The van der Waals surface area contributed by atoms with E-state index in [9.17, 15) is 0 Å². The molecule has 1 unspecified atom stereocenters. The second-order valence-corrected chi connectivity index (χ2v) is 4.42. The maximum absolute atomic E-state index is 6.11. The molecule has 0 bridgehead atoms. The minimum Gasteiger partial charge on any atom is -0.495 e. The van der Waals surface area contributed by atoms with Gasteiger partial charge in [-0.1, -0.05) is 29.3 Å². The summed E-state index contributed by atoms with van der Waals surface area (Å²) in [7, 11) is 1.56. The Morgan fingerprint density at radius 2 is 2.06 bits per heavy atom. The molecule has 0 fully saturated rings. The fraction of sp³-hybridized carbons (Fsp3) is 0.455. The second kappa shape index (κ2) is 6.30. The molecule has 0 radical (unpaired) electrons. The van der Waals surface area contributed by atoms with E-state index in [1.807, 2.05) is 13.0 Å². The molecule has 0 aliphatic rings. The second-order valence-electron chi connectivity index (χ2n) is 3.66. The number of hydrogen-bond donors (Lipinski definition) is 2. The number of nitrogens with two attached hydrogens (primary N) is 1. The van der Waals surface area contributed by atoms with E-state index >= 15 is 0 Å². The lowest BCUT2D eigenvalue weighted by atomic mass is 10.2. The molecular weight excluding hydrogens is 247 g/mol. The van der Waals surface area contributed by atoms with Crippen molar-refractivity contribution in [3.63, 3.8) is 0 Å². The van der Waals surface area contributed by atoms with Crippen molar-refractivity contribution in [2.24, 2.45) is 5.73 Å². The Hall–Kier alpha value is -0.480. The van der Waals surface area contributed by atoms with E-state index in [1.54, 1.807) is 13.2 Å². The summed E-state index contributed by atoms with van der Waals surface area (Å²) in [5, 5.41) is 4.17. The van der Waals surface area contributed by atoms with Crippen LogP contribution in [-0.2, 0) is 6.54 Å². The molecule has 0 heterocycles. The molecule has 3 nitrogen and oxygen atoms in total. The smallest absolute Gasteiger partial charge is 0.138 e. The van der Waals surface area contributed by atoms with E-state index in [2.05, 4.69) is 5.32 Å². The van der Waals surface area contributed by atoms with Crippen LogP contribution in [0.2, 0.25) is 10.0 Å². The number of ether oxygens (including phenoxy) is 1. The first-order valence-electron chi connectivity index (χ1n) is 5.03. The SMILES string of the molecule is COc1ccc(CNCC(C)N)c(Cl)c1Cl. The summed E-state index contributed by atoms with van der Waals surface area (Å²) in [6.07, 6.45) is 0. The fourth-order valence-electron chi connectivity index (χ4n) is 1.30. The monoisotopic (exact) mass is 262 g/mol. The quantitative estimate of drug-likeness (QED) is 0.857. The molecular formula is C11H16Cl2N2O. The summed E-state index contributed by atoms with van der Waals surface area (Å²) in [4.78, 5) is 0. The number of methoxy groups -OCH3 is 1. The standard InChI is InChI=1S/C11H16Cl2N2O/c1-7(14)5-15-6-8-3-4-9(16-2)11(13)10(8)12/h3-4,7,15H,5-6,14H2,1-2H3. The normalized spacial score (nSPS) is 12.6. The molecule has 0 spiro atoms. The van der Waals surface area contributed by atoms with Crippen LogP contribution >= 0.6 is 23.2 Å². The fourth-order valence-corrected chi connectivity index (χ4v) is 1.78. The van der Waals surface area contributed by atoms with Crippen molar-refractivity contribution in [3.05, 3.63) is 27.7 Å². The Labute approximate surface area is 106 Å². The summed E-state index contributed by atoms with van der Waals surface area (Å²) in [5.74, 6) is 0.586. The van der Waals surface area contributed by atoms with Crippen LogP contribution in [0.25, 0.3) is 0 Å². The number of halogens is 2. The number of rotatable bonds is 5. The highest BCUT2D eigenvalue weighted by Crippen LogP contribution is 2.34. The highest BCUT2D eigenvalue weighted by molar-refractivity contribution is 6.43. The van der Waals surface area contributed by atoms with Gasteiger partial charge in [-0.2, -0.15) is 0 Å². The van der Waals surface area contributed by atoms with Gasteiger partial charge in [0.05, 0.1) is 12.1 Å². The van der Waals surface area contributed by atoms with Crippen molar-refractivity contribution in [1.82, 2.24) is 5.32 Å². The predicted molar refractivity (Wildman–Crippen MR) is 68.4 cm³/mol. The van der Waals surface area contributed by atoms with Crippen LogP contribution in [0.15, 0.2) is 12.1 Å². The Morgan fingerprint density at radius 3 is 2.62 bits per heavy atom. The highest BCUT2D eigenvalue weighted by Gasteiger charge is 2.09. The summed E-state index contributed by atoms with van der Waals surface area (Å²) in [6, 6.07) is 3.81. The molecule has 1 rings (SSSR count). The van der Waals surface area contributed by atoms with Crippen LogP contribution in [0, 0.1) is 0 Å². The van der Waals surface area contributed by atoms with E-state index < -0.39 is 0 Å². The van der Waals surface area contributed by atoms with Gasteiger partial charge in [-0.15, -0.1) is 0 Å². The number of nitrogens with one attached hydrogen (secondary N) is 1. The van der Waals surface area contributed by atoms with Gasteiger partial charge in [0.15, 0.2) is 0 Å². The summed E-state index contributed by atoms with van der Waals surface area (Å²) >= 11 is 12.1. The van der Waals surface area contributed by atoms with Crippen LogP contribution in [0.5, 0.6) is 5.75 Å². The lowest BCUT2D eigenvalue weighted by Crippen LogP contribution is -2.30. The predicted octanol–water partition coefficient (Wildman–Crippen LogP) is 2.44. The van der Waals surface area contributed by atoms with E-state index in [1.165, 1.54) is 0 Å². The van der Waals surface area contributed by atoms with Crippen LogP contribution in [0.3, 0.4) is 0 Å². The number of benzene rings is 1. The molecule has 1 aromatic carbocycles. The van der Waals surface area contributed by atoms with Crippen LogP contribution in [0.1, 0.15) is 12.5 Å². The van der Waals surface area contributed by atoms with Gasteiger partial charge in [0.25, 0.3) is 0 Å². The maximum Gasteiger partial charge on any atom is 0.138 e. The van der Waals surface area contributed by atoms with Gasteiger partial charge >= 0.3 is 0 Å². The van der Waals surface area contributed by atoms with E-state index in [0.29, 0.717) is 22.3 Å². The first-order valence-corrected chi connectivity index (χ1v) is 5.79. The Morgan fingerprint density at radius 1 is 1.38 bits per heavy atom. The molecule has 1 atom stereocenters. The third-order valence-electron chi connectivity index (χ3n) is 2.13. The third kappa shape index (κ3) is 3.52. The van der Waals surface area contributed by atoms with Crippen LogP contribution < -0.4 is 15.8 Å². The molecule has 0 aliphatic carbocycles. The van der Waals surface area contributed by atoms with Gasteiger partial charge in [-0.25, -0.2) is 0 Å². The minimum atomic E-state index is 0.118. The van der Waals surface area contributed by atoms with Crippen molar-refractivity contribution in [1.29, 1.82) is 0 Å². The Kier molecular flexibility index (Phi) is 5.35. The lowest BCUT2D eigenvalue weighted by Gasteiger charge is -2.11. The largest absolute Gasteiger partial charge is 0.495 e. The molecule has 16 heavy (non-hydrogen) atoms. The zero-order valence-electron chi connectivity index (χ0n) is 9.39. The van der Waals surface area contributed by atoms with Crippen LogP contribution in [0.4, 0.5) is 0 Å². The van der Waals surface area contributed by atoms with Gasteiger partial charge in [0.1, 0.15) is 10.8 Å². The average molecular weight is 263 g/mol. The lowest BCUT2D eigenvalue weighted by molar-refractivity contribution is 0.415. The van der Waals surface area contributed by atoms with Gasteiger partial charge in [0.2, 0.25) is 0 Å². The third-order valence-corrected chi connectivity index (χ3v) is 3.03. The molecule has 0 aliphatic heterocycles. The Balaban J connectivity index is 2.71. The zero-order valence-corrected chi connectivity index (χ0v) is 10.9. The van der Waals surface area contributed by atoms with E-state index in [-0.39, 0.29) is 6.04 Å². The molecule has 5 heteroatoms. The minimum absolute atomic E-state index is 0.118. The topological polar surface area (TPSA) is 47.3 Å². The molecule has 0 saturated carbocycles. The summed E-state index contributed by atoms with van der Waals surface area (Å²) in [5.41, 5.74) is 6.57. The van der Waals surface area contributed by atoms with Crippen molar-refractivity contribution in [3.8, 4) is 5.75 Å². The molecule has 90 valence electrons. The molecule has 1 aromatic rings. The maximum atomic E-state index is 6.11. The van der Waals surface area contributed by atoms with Gasteiger partial charge in [0, 0.05) is 19.1 Å².